The van der Waals surface area contributed by atoms with Crippen LogP contribution in [0, 0.1) is 0 Å². The average Bonchev–Trinajstić information content (AvgIpc) is 2.99. The summed E-state index contributed by atoms with van der Waals surface area (Å²) in [6.07, 6.45) is 6.96. The van der Waals surface area contributed by atoms with Crippen LogP contribution < -0.4 is 9.64 Å². The molecule has 1 fully saturated rings. The Hall–Kier alpha value is -2.37. The van der Waals surface area contributed by atoms with Gasteiger partial charge in [-0.05, 0) is 54.3 Å². The number of aryl methyl sites for hydroxylation is 1. The zero-order chi connectivity index (χ0) is 19.9. The number of carbonyl (C=O) groups is 1. The van der Waals surface area contributed by atoms with E-state index in [0.29, 0.717) is 15.8 Å². The van der Waals surface area contributed by atoms with Crippen molar-refractivity contribution >= 4 is 46.0 Å². The van der Waals surface area contributed by atoms with Crippen molar-refractivity contribution in [2.75, 3.05) is 11.5 Å². The highest BCUT2D eigenvalue weighted by molar-refractivity contribution is 8.27. The minimum atomic E-state index is -0.0803. The van der Waals surface area contributed by atoms with Crippen LogP contribution in [-0.4, -0.2) is 16.8 Å². The van der Waals surface area contributed by atoms with Crippen molar-refractivity contribution in [3.63, 3.8) is 0 Å². The van der Waals surface area contributed by atoms with Crippen LogP contribution in [0.2, 0.25) is 0 Å². The first-order valence-electron chi connectivity index (χ1n) is 9.33. The van der Waals surface area contributed by atoms with Gasteiger partial charge in [0.15, 0.2) is 4.32 Å². The Labute approximate surface area is 176 Å². The molecule has 0 bridgehead atoms. The number of benzene rings is 2. The quantitative estimate of drug-likeness (QED) is 0.304. The predicted molar refractivity (Wildman–Crippen MR) is 123 cm³/mol. The number of amides is 1. The highest BCUT2D eigenvalue weighted by Gasteiger charge is 2.33. The molecule has 0 N–H and O–H groups in total. The fraction of sp³-hybridized carbons (Fsp3) is 0.217. The Kier molecular flexibility index (Phi) is 7.06. The second-order valence-corrected chi connectivity index (χ2v) is 8.13. The van der Waals surface area contributed by atoms with Crippen LogP contribution in [0.1, 0.15) is 30.9 Å². The minimum Gasteiger partial charge on any atom is -0.490 e. The lowest BCUT2D eigenvalue weighted by Crippen LogP contribution is -2.27. The molecule has 0 aromatic heterocycles. The molecule has 1 heterocycles. The van der Waals surface area contributed by atoms with E-state index >= 15 is 0 Å². The summed E-state index contributed by atoms with van der Waals surface area (Å²) in [7, 11) is 0. The first-order chi connectivity index (χ1) is 13.6. The van der Waals surface area contributed by atoms with Crippen LogP contribution in [0.4, 0.5) is 5.69 Å². The number of hydrogen-bond donors (Lipinski definition) is 0. The van der Waals surface area contributed by atoms with Gasteiger partial charge in [-0.2, -0.15) is 0 Å². The van der Waals surface area contributed by atoms with Gasteiger partial charge in [-0.1, -0.05) is 74.2 Å². The molecule has 0 atom stereocenters. The molecule has 1 saturated heterocycles. The maximum Gasteiger partial charge on any atom is 0.270 e. The number of thiocarbonyl (C=S) groups is 1. The van der Waals surface area contributed by atoms with Crippen LogP contribution in [-0.2, 0) is 11.2 Å². The molecule has 28 heavy (non-hydrogen) atoms. The van der Waals surface area contributed by atoms with Gasteiger partial charge in [-0.3, -0.25) is 9.69 Å². The van der Waals surface area contributed by atoms with E-state index in [-0.39, 0.29) is 5.91 Å². The molecule has 0 unspecified atom stereocenters. The molecular formula is C23H23NO2S2. The molecule has 2 aromatic carbocycles. The molecule has 0 saturated carbocycles. The summed E-state index contributed by atoms with van der Waals surface area (Å²) in [6.45, 7) is 6.29. The van der Waals surface area contributed by atoms with Crippen LogP contribution in [0.15, 0.2) is 66.1 Å². The van der Waals surface area contributed by atoms with E-state index in [4.69, 9.17) is 17.0 Å². The predicted octanol–water partition coefficient (Wildman–Crippen LogP) is 6.00. The Morgan fingerprint density at radius 3 is 2.50 bits per heavy atom. The maximum atomic E-state index is 12.9. The number of thioether (sulfide) groups is 1. The molecule has 2 aromatic rings. The van der Waals surface area contributed by atoms with Crippen molar-refractivity contribution in [2.45, 2.75) is 26.2 Å². The molecule has 5 heteroatoms. The normalized spacial score (nSPS) is 15.3. The van der Waals surface area contributed by atoms with Gasteiger partial charge in [0.05, 0.1) is 10.6 Å². The molecule has 1 aliphatic rings. The second-order valence-electron chi connectivity index (χ2n) is 6.46. The minimum absolute atomic E-state index is 0.0803. The maximum absolute atomic E-state index is 12.9. The first kappa shape index (κ1) is 20.4. The van der Waals surface area contributed by atoms with Gasteiger partial charge >= 0.3 is 0 Å². The van der Waals surface area contributed by atoms with Crippen molar-refractivity contribution in [3.8, 4) is 5.75 Å². The monoisotopic (exact) mass is 409 g/mol. The Bertz CT molecular complexity index is 886. The summed E-state index contributed by atoms with van der Waals surface area (Å²) in [5.74, 6) is 0.691. The number of unbranched alkanes of at least 4 members (excludes halogenated alkanes) is 1. The fourth-order valence-electron chi connectivity index (χ4n) is 2.85. The molecule has 144 valence electrons. The molecular weight excluding hydrogens is 386 g/mol. The van der Waals surface area contributed by atoms with Gasteiger partial charge in [-0.25, -0.2) is 0 Å². The number of rotatable bonds is 8. The van der Waals surface area contributed by atoms with E-state index < -0.39 is 0 Å². The summed E-state index contributed by atoms with van der Waals surface area (Å²) >= 11 is 6.79. The van der Waals surface area contributed by atoms with Crippen LogP contribution in [0.5, 0.6) is 5.75 Å². The van der Waals surface area contributed by atoms with Gasteiger partial charge in [0, 0.05) is 0 Å². The smallest absolute Gasteiger partial charge is 0.270 e. The molecule has 3 rings (SSSR count). The van der Waals surface area contributed by atoms with E-state index in [2.05, 4.69) is 25.6 Å². The van der Waals surface area contributed by atoms with Crippen molar-refractivity contribution < 1.29 is 9.53 Å². The zero-order valence-electron chi connectivity index (χ0n) is 15.9. The summed E-state index contributed by atoms with van der Waals surface area (Å²) in [4.78, 5) is 15.1. The Balaban J connectivity index is 1.73. The third-order valence-electron chi connectivity index (χ3n) is 4.35. The van der Waals surface area contributed by atoms with Crippen LogP contribution >= 0.6 is 24.0 Å². The van der Waals surface area contributed by atoms with Crippen molar-refractivity contribution in [1.82, 2.24) is 0 Å². The summed E-state index contributed by atoms with van der Waals surface area (Å²) in [6, 6.07) is 15.7. The summed E-state index contributed by atoms with van der Waals surface area (Å²) in [5, 5.41) is 0. The first-order valence-corrected chi connectivity index (χ1v) is 10.6. The van der Waals surface area contributed by atoms with Crippen molar-refractivity contribution in [2.24, 2.45) is 0 Å². The molecule has 0 aliphatic carbocycles. The van der Waals surface area contributed by atoms with Crippen molar-refractivity contribution in [1.29, 1.82) is 0 Å². The van der Waals surface area contributed by atoms with Gasteiger partial charge in [0.2, 0.25) is 0 Å². The molecule has 0 spiro atoms. The zero-order valence-corrected chi connectivity index (χ0v) is 17.5. The van der Waals surface area contributed by atoms with E-state index in [1.54, 1.807) is 11.0 Å². The largest absolute Gasteiger partial charge is 0.490 e. The molecule has 1 amide bonds. The van der Waals surface area contributed by atoms with E-state index in [1.165, 1.54) is 30.2 Å². The van der Waals surface area contributed by atoms with E-state index in [0.717, 1.165) is 23.4 Å². The second kappa shape index (κ2) is 9.71. The third-order valence-corrected chi connectivity index (χ3v) is 5.66. The van der Waals surface area contributed by atoms with Gasteiger partial charge in [-0.15, -0.1) is 0 Å². The molecule has 1 aliphatic heterocycles. The standard InChI is InChI=1S/C23H23NO2S2/c1-3-5-6-17-7-11-19(12-8-17)24-22(25)21(28-23(24)27)16-18-9-13-20(14-10-18)26-15-4-2/h4,7-14,16H,2-3,5-6,15H2,1H3. The topological polar surface area (TPSA) is 29.5 Å². The van der Waals surface area contributed by atoms with Crippen LogP contribution in [0.3, 0.4) is 0 Å². The lowest BCUT2D eigenvalue weighted by atomic mass is 10.1. The lowest BCUT2D eigenvalue weighted by Gasteiger charge is -2.15. The summed E-state index contributed by atoms with van der Waals surface area (Å²) < 4.78 is 6.05. The number of nitrogens with zero attached hydrogens (tertiary/aromatic N) is 1. The fourth-order valence-corrected chi connectivity index (χ4v) is 4.15. The SMILES string of the molecule is C=CCOc1ccc(C=C2SC(=S)N(c3ccc(CCCC)cc3)C2=O)cc1. The third kappa shape index (κ3) is 4.91. The Morgan fingerprint density at radius 2 is 1.86 bits per heavy atom. The Morgan fingerprint density at radius 1 is 1.14 bits per heavy atom. The number of carbonyl (C=O) groups excluding carboxylic acids is 1. The van der Waals surface area contributed by atoms with Gasteiger partial charge in [0.25, 0.3) is 5.91 Å². The summed E-state index contributed by atoms with van der Waals surface area (Å²) in [5.41, 5.74) is 3.03. The van der Waals surface area contributed by atoms with Gasteiger partial charge in [0.1, 0.15) is 12.4 Å². The van der Waals surface area contributed by atoms with Gasteiger partial charge < -0.3 is 4.74 Å². The van der Waals surface area contributed by atoms with E-state index in [9.17, 15) is 4.79 Å². The number of hydrogen-bond acceptors (Lipinski definition) is 4. The highest BCUT2D eigenvalue weighted by Crippen LogP contribution is 2.36. The average molecular weight is 410 g/mol. The number of ether oxygens (including phenoxy) is 1. The van der Waals surface area contributed by atoms with Crippen LogP contribution in [0.25, 0.3) is 6.08 Å². The van der Waals surface area contributed by atoms with E-state index in [1.807, 2.05) is 42.5 Å². The highest BCUT2D eigenvalue weighted by atomic mass is 32.2. The number of anilines is 1. The molecule has 3 nitrogen and oxygen atoms in total. The lowest BCUT2D eigenvalue weighted by molar-refractivity contribution is -0.113. The van der Waals surface area contributed by atoms with Crippen molar-refractivity contribution in [3.05, 3.63) is 77.2 Å². The molecule has 0 radical (unpaired) electrons.